The van der Waals surface area contributed by atoms with Crippen molar-refractivity contribution < 1.29 is 9.53 Å². The minimum atomic E-state index is -0.294. The molecule has 0 radical (unpaired) electrons. The maximum atomic E-state index is 11.6. The number of hydrogen-bond acceptors (Lipinski definition) is 3. The van der Waals surface area contributed by atoms with Crippen molar-refractivity contribution >= 4 is 11.6 Å². The number of carbonyl (C=O) groups is 1. The van der Waals surface area contributed by atoms with Crippen molar-refractivity contribution in [1.82, 2.24) is 10.4 Å². The van der Waals surface area contributed by atoms with Crippen LogP contribution in [0, 0.1) is 6.92 Å². The van der Waals surface area contributed by atoms with E-state index in [-0.39, 0.29) is 12.5 Å². The average molecular weight is 271 g/mol. The summed E-state index contributed by atoms with van der Waals surface area (Å²) in [4.78, 5) is 14.6. The Bertz CT molecular complexity index is 603. The highest BCUT2D eigenvalue weighted by Gasteiger charge is 2.03. The molecule has 5 nitrogen and oxygen atoms in total. The Morgan fingerprint density at radius 1 is 1.35 bits per heavy atom. The summed E-state index contributed by atoms with van der Waals surface area (Å²) in [7, 11) is 0. The van der Waals surface area contributed by atoms with Gasteiger partial charge in [0.15, 0.2) is 6.61 Å². The molecule has 5 heteroatoms. The Labute approximate surface area is 117 Å². The van der Waals surface area contributed by atoms with Gasteiger partial charge >= 0.3 is 0 Å². The molecule has 2 N–H and O–H groups in total. The van der Waals surface area contributed by atoms with E-state index in [1.807, 2.05) is 50.2 Å². The molecule has 104 valence electrons. The van der Waals surface area contributed by atoms with Crippen molar-refractivity contribution in [1.29, 1.82) is 0 Å². The van der Waals surface area contributed by atoms with E-state index in [1.54, 1.807) is 6.20 Å². The number of H-pyrrole nitrogens is 1. The number of nitrogens with one attached hydrogen (secondary N) is 2. The van der Waals surface area contributed by atoms with Crippen LogP contribution in [-0.2, 0) is 4.79 Å². The number of amides is 1. The summed E-state index contributed by atoms with van der Waals surface area (Å²) in [6.45, 7) is 3.72. The highest BCUT2D eigenvalue weighted by atomic mass is 16.5. The highest BCUT2D eigenvalue weighted by Crippen LogP contribution is 2.11. The van der Waals surface area contributed by atoms with E-state index < -0.39 is 0 Å². The zero-order chi connectivity index (χ0) is 14.4. The predicted octanol–water partition coefficient (Wildman–Crippen LogP) is 2.24. The summed E-state index contributed by atoms with van der Waals surface area (Å²) in [5.74, 6) is 0.377. The second-order valence-electron chi connectivity index (χ2n) is 4.42. The first kappa shape index (κ1) is 13.9. The zero-order valence-corrected chi connectivity index (χ0v) is 11.5. The lowest BCUT2D eigenvalue weighted by Gasteiger charge is -2.06. The fourth-order valence-corrected chi connectivity index (χ4v) is 1.65. The summed E-state index contributed by atoms with van der Waals surface area (Å²) >= 11 is 0. The minimum absolute atomic E-state index is 0.0645. The van der Waals surface area contributed by atoms with Gasteiger partial charge in [-0.1, -0.05) is 12.1 Å². The number of hydrogen-bond donors (Lipinski definition) is 2. The van der Waals surface area contributed by atoms with E-state index >= 15 is 0 Å². The predicted molar refractivity (Wildman–Crippen MR) is 77.8 cm³/mol. The first-order valence-corrected chi connectivity index (χ1v) is 6.31. The maximum Gasteiger partial charge on any atom is 0.277 e. The quantitative estimate of drug-likeness (QED) is 0.647. The molecule has 0 atom stereocenters. The molecule has 2 rings (SSSR count). The summed E-state index contributed by atoms with van der Waals surface area (Å²) in [6.07, 6.45) is 1.80. The number of hydrazone groups is 1. The van der Waals surface area contributed by atoms with Gasteiger partial charge in [0, 0.05) is 6.20 Å². The van der Waals surface area contributed by atoms with Crippen LogP contribution >= 0.6 is 0 Å². The van der Waals surface area contributed by atoms with Crippen LogP contribution in [0.1, 0.15) is 18.2 Å². The molecular formula is C15H17N3O2. The van der Waals surface area contributed by atoms with Crippen LogP contribution in [0.2, 0.25) is 0 Å². The van der Waals surface area contributed by atoms with Crippen LogP contribution in [-0.4, -0.2) is 23.2 Å². The molecule has 0 aliphatic carbocycles. The molecule has 0 saturated heterocycles. The number of aryl methyl sites for hydroxylation is 1. The van der Waals surface area contributed by atoms with Gasteiger partial charge < -0.3 is 9.72 Å². The van der Waals surface area contributed by atoms with E-state index in [4.69, 9.17) is 4.74 Å². The largest absolute Gasteiger partial charge is 0.484 e. The molecule has 0 unspecified atom stereocenters. The first-order valence-electron chi connectivity index (χ1n) is 6.31. The van der Waals surface area contributed by atoms with E-state index in [0.29, 0.717) is 11.5 Å². The maximum absolute atomic E-state index is 11.6. The topological polar surface area (TPSA) is 66.5 Å². The lowest BCUT2D eigenvalue weighted by atomic mass is 10.2. The third-order valence-corrected chi connectivity index (χ3v) is 2.70. The molecule has 20 heavy (non-hydrogen) atoms. The average Bonchev–Trinajstić information content (AvgIpc) is 2.97. The fraction of sp³-hybridized carbons (Fsp3) is 0.200. The van der Waals surface area contributed by atoms with Crippen molar-refractivity contribution in [3.63, 3.8) is 0 Å². The number of carbonyl (C=O) groups excluding carboxylic acids is 1. The first-order chi connectivity index (χ1) is 9.65. The number of benzene rings is 1. The third-order valence-electron chi connectivity index (χ3n) is 2.70. The smallest absolute Gasteiger partial charge is 0.277 e. The van der Waals surface area contributed by atoms with Gasteiger partial charge in [-0.15, -0.1) is 0 Å². The molecule has 2 aromatic rings. The standard InChI is InChI=1S/C15H17N3O2/c1-11-5-3-6-13(9-11)20-10-15(19)18-17-12(2)14-7-4-8-16-14/h3-9,16H,10H2,1-2H3,(H,18,19)/b17-12+. The van der Waals surface area contributed by atoms with Gasteiger partial charge in [0.1, 0.15) is 5.75 Å². The molecule has 0 spiro atoms. The molecule has 0 aliphatic heterocycles. The zero-order valence-electron chi connectivity index (χ0n) is 11.5. The molecule has 1 heterocycles. The third kappa shape index (κ3) is 3.98. The van der Waals surface area contributed by atoms with Crippen molar-refractivity contribution in [2.75, 3.05) is 6.61 Å². The Balaban J connectivity index is 1.83. The van der Waals surface area contributed by atoms with Crippen molar-refractivity contribution in [3.8, 4) is 5.75 Å². The lowest BCUT2D eigenvalue weighted by molar-refractivity contribution is -0.123. The molecule has 0 aliphatic rings. The van der Waals surface area contributed by atoms with Crippen LogP contribution in [0.4, 0.5) is 0 Å². The molecule has 0 bridgehead atoms. The second-order valence-corrected chi connectivity index (χ2v) is 4.42. The monoisotopic (exact) mass is 271 g/mol. The molecule has 1 aromatic heterocycles. The van der Waals surface area contributed by atoms with Gasteiger partial charge in [0.25, 0.3) is 5.91 Å². The molecule has 1 amide bonds. The number of aromatic nitrogens is 1. The molecule has 0 fully saturated rings. The molecular weight excluding hydrogens is 254 g/mol. The number of rotatable bonds is 5. The number of nitrogens with zero attached hydrogens (tertiary/aromatic N) is 1. The van der Waals surface area contributed by atoms with Gasteiger partial charge in [-0.25, -0.2) is 5.43 Å². The number of aromatic amines is 1. The van der Waals surface area contributed by atoms with Crippen molar-refractivity contribution in [3.05, 3.63) is 53.9 Å². The SMILES string of the molecule is C/C(=N\NC(=O)COc1cccc(C)c1)c1ccc[nH]1. The van der Waals surface area contributed by atoms with E-state index in [1.165, 1.54) is 0 Å². The summed E-state index contributed by atoms with van der Waals surface area (Å²) in [6, 6.07) is 11.3. The normalized spacial score (nSPS) is 11.2. The van der Waals surface area contributed by atoms with Crippen LogP contribution in [0.5, 0.6) is 5.75 Å². The van der Waals surface area contributed by atoms with Gasteiger partial charge in [-0.2, -0.15) is 5.10 Å². The summed E-state index contributed by atoms with van der Waals surface area (Å²) in [5.41, 5.74) is 5.12. The van der Waals surface area contributed by atoms with Crippen molar-refractivity contribution in [2.24, 2.45) is 5.10 Å². The summed E-state index contributed by atoms with van der Waals surface area (Å²) in [5, 5.41) is 4.00. The highest BCUT2D eigenvalue weighted by molar-refractivity contribution is 5.97. The Morgan fingerprint density at radius 2 is 2.20 bits per heavy atom. The van der Waals surface area contributed by atoms with Crippen molar-refractivity contribution in [2.45, 2.75) is 13.8 Å². The Morgan fingerprint density at radius 3 is 2.90 bits per heavy atom. The van der Waals surface area contributed by atoms with E-state index in [9.17, 15) is 4.79 Å². The van der Waals surface area contributed by atoms with Gasteiger partial charge in [0.2, 0.25) is 0 Å². The summed E-state index contributed by atoms with van der Waals surface area (Å²) < 4.78 is 5.38. The number of ether oxygens (including phenoxy) is 1. The van der Waals surface area contributed by atoms with E-state index in [2.05, 4.69) is 15.5 Å². The van der Waals surface area contributed by atoms with E-state index in [0.717, 1.165) is 11.3 Å². The molecule has 1 aromatic carbocycles. The van der Waals surface area contributed by atoms with Crippen LogP contribution in [0.3, 0.4) is 0 Å². The molecule has 0 saturated carbocycles. The van der Waals surface area contributed by atoms with Gasteiger partial charge in [-0.3, -0.25) is 4.79 Å². The Kier molecular flexibility index (Phi) is 4.55. The van der Waals surface area contributed by atoms with Gasteiger partial charge in [0.05, 0.1) is 11.4 Å². The van der Waals surface area contributed by atoms with Gasteiger partial charge in [-0.05, 0) is 43.7 Å². The lowest BCUT2D eigenvalue weighted by Crippen LogP contribution is -2.25. The van der Waals surface area contributed by atoms with Crippen LogP contribution in [0.25, 0.3) is 0 Å². The fourth-order valence-electron chi connectivity index (χ4n) is 1.65. The van der Waals surface area contributed by atoms with Crippen LogP contribution < -0.4 is 10.2 Å². The minimum Gasteiger partial charge on any atom is -0.484 e. The Hall–Kier alpha value is -2.56. The second kappa shape index (κ2) is 6.56. The van der Waals surface area contributed by atoms with Crippen LogP contribution in [0.15, 0.2) is 47.7 Å².